The molecule has 0 saturated carbocycles. The summed E-state index contributed by atoms with van der Waals surface area (Å²) in [6, 6.07) is 0. The van der Waals surface area contributed by atoms with Crippen LogP contribution in [0.2, 0.25) is 0 Å². The van der Waals surface area contributed by atoms with Crippen molar-refractivity contribution in [2.24, 2.45) is 0 Å². The van der Waals surface area contributed by atoms with Crippen molar-refractivity contribution in [3.63, 3.8) is 0 Å². The van der Waals surface area contributed by atoms with Crippen LogP contribution < -0.4 is 0 Å². The van der Waals surface area contributed by atoms with Crippen LogP contribution in [0.25, 0.3) is 0 Å². The average Bonchev–Trinajstić information content (AvgIpc) is 2.94. The fourth-order valence-corrected chi connectivity index (χ4v) is 1.86. The Labute approximate surface area is 129 Å². The van der Waals surface area contributed by atoms with E-state index in [1.54, 1.807) is 30.8 Å². The van der Waals surface area contributed by atoms with Crippen molar-refractivity contribution >= 4 is 23.2 Å². The van der Waals surface area contributed by atoms with E-state index in [2.05, 4.69) is 11.6 Å². The Kier molecular flexibility index (Phi) is 8.04. The summed E-state index contributed by atoms with van der Waals surface area (Å²) in [5.41, 5.74) is 2.43. The van der Waals surface area contributed by atoms with E-state index >= 15 is 0 Å². The first kappa shape index (κ1) is 16.8. The van der Waals surface area contributed by atoms with Crippen LogP contribution >= 0.6 is 23.2 Å². The van der Waals surface area contributed by atoms with Gasteiger partial charge in [-0.05, 0) is 24.6 Å². The highest BCUT2D eigenvalue weighted by atomic mass is 35.5. The molecule has 1 heterocycles. The van der Waals surface area contributed by atoms with Gasteiger partial charge in [0, 0.05) is 23.0 Å². The Morgan fingerprint density at radius 3 is 2.90 bits per heavy atom. The Morgan fingerprint density at radius 1 is 1.50 bits per heavy atom. The zero-order valence-electron chi connectivity index (χ0n) is 11.4. The van der Waals surface area contributed by atoms with Gasteiger partial charge in [-0.3, -0.25) is 0 Å². The maximum Gasteiger partial charge on any atom is 0.0968 e. The second-order valence-electron chi connectivity index (χ2n) is 4.13. The lowest BCUT2D eigenvalue weighted by atomic mass is 10.1. The minimum absolute atomic E-state index is 0.0668. The van der Waals surface area contributed by atoms with E-state index in [0.29, 0.717) is 18.2 Å². The minimum atomic E-state index is -0.0668. The number of ether oxygens (including phenoxy) is 1. The summed E-state index contributed by atoms with van der Waals surface area (Å²) in [4.78, 5) is 4.02. The van der Waals surface area contributed by atoms with Gasteiger partial charge in [-0.15, -0.1) is 6.58 Å². The molecule has 5 heteroatoms. The number of rotatable bonds is 8. The van der Waals surface area contributed by atoms with Crippen molar-refractivity contribution in [2.75, 3.05) is 6.61 Å². The third-order valence-electron chi connectivity index (χ3n) is 2.59. The summed E-state index contributed by atoms with van der Waals surface area (Å²) in [5, 5.41) is 0.560. The molecule has 0 spiro atoms. The number of nitrogens with zero attached hydrogens (tertiary/aromatic N) is 2. The van der Waals surface area contributed by atoms with Crippen LogP contribution in [-0.2, 0) is 11.3 Å². The van der Waals surface area contributed by atoms with Crippen LogP contribution in [0.4, 0.5) is 0 Å². The molecule has 108 valence electrons. The molecule has 0 radical (unpaired) electrons. The van der Waals surface area contributed by atoms with Crippen molar-refractivity contribution in [1.29, 1.82) is 0 Å². The molecular formula is C15H18Cl2N2O. The van der Waals surface area contributed by atoms with Gasteiger partial charge in [-0.2, -0.15) is 0 Å². The maximum absolute atomic E-state index is 5.95. The summed E-state index contributed by atoms with van der Waals surface area (Å²) in [7, 11) is 0. The molecule has 0 amide bonds. The predicted octanol–water partition coefficient (Wildman–Crippen LogP) is 4.28. The third-order valence-corrected chi connectivity index (χ3v) is 2.96. The van der Waals surface area contributed by atoms with Gasteiger partial charge in [0.1, 0.15) is 0 Å². The summed E-state index contributed by atoms with van der Waals surface area (Å²) < 4.78 is 7.73. The molecule has 3 nitrogen and oxygen atoms in total. The summed E-state index contributed by atoms with van der Waals surface area (Å²) in [6.07, 6.45) is 12.4. The third kappa shape index (κ3) is 6.24. The van der Waals surface area contributed by atoms with Gasteiger partial charge in [-0.25, -0.2) is 4.98 Å². The van der Waals surface area contributed by atoms with Gasteiger partial charge in [0.25, 0.3) is 0 Å². The molecule has 0 N–H and O–H groups in total. The molecule has 0 fully saturated rings. The molecule has 20 heavy (non-hydrogen) atoms. The number of hydrogen-bond acceptors (Lipinski definition) is 2. The lowest BCUT2D eigenvalue weighted by Gasteiger charge is -2.18. The van der Waals surface area contributed by atoms with E-state index in [1.807, 2.05) is 23.8 Å². The van der Waals surface area contributed by atoms with E-state index in [9.17, 15) is 0 Å². The molecule has 0 bridgehead atoms. The van der Waals surface area contributed by atoms with Crippen LogP contribution in [0.1, 0.15) is 6.92 Å². The highest BCUT2D eigenvalue weighted by Crippen LogP contribution is 2.12. The van der Waals surface area contributed by atoms with Crippen LogP contribution in [0, 0.1) is 0 Å². The van der Waals surface area contributed by atoms with Gasteiger partial charge in [0.2, 0.25) is 0 Å². The zero-order chi connectivity index (χ0) is 14.8. The molecule has 0 aliphatic rings. The monoisotopic (exact) mass is 312 g/mol. The summed E-state index contributed by atoms with van der Waals surface area (Å²) in [5.74, 6) is 0. The molecule has 1 aromatic heterocycles. The van der Waals surface area contributed by atoms with Crippen molar-refractivity contribution in [3.8, 4) is 0 Å². The molecule has 1 aromatic rings. The first-order valence-electron chi connectivity index (χ1n) is 6.16. The summed E-state index contributed by atoms with van der Waals surface area (Å²) in [6.45, 7) is 6.84. The zero-order valence-corrected chi connectivity index (χ0v) is 12.9. The van der Waals surface area contributed by atoms with Gasteiger partial charge >= 0.3 is 0 Å². The average molecular weight is 313 g/mol. The van der Waals surface area contributed by atoms with Crippen LogP contribution in [0.5, 0.6) is 0 Å². The first-order valence-corrected chi connectivity index (χ1v) is 6.97. The maximum atomic E-state index is 5.95. The van der Waals surface area contributed by atoms with E-state index in [-0.39, 0.29) is 6.10 Å². The topological polar surface area (TPSA) is 27.1 Å². The second kappa shape index (κ2) is 9.59. The number of halogens is 2. The second-order valence-corrected chi connectivity index (χ2v) is 4.81. The molecular weight excluding hydrogens is 295 g/mol. The highest BCUT2D eigenvalue weighted by molar-refractivity contribution is 6.33. The number of allylic oxidation sites excluding steroid dienone is 4. The fourth-order valence-electron chi connectivity index (χ4n) is 1.53. The van der Waals surface area contributed by atoms with Crippen molar-refractivity contribution in [3.05, 3.63) is 65.7 Å². The minimum Gasteiger partial charge on any atom is -0.368 e. The Hall–Kier alpha value is -1.29. The van der Waals surface area contributed by atoms with Gasteiger partial charge < -0.3 is 9.30 Å². The summed E-state index contributed by atoms with van der Waals surface area (Å²) >= 11 is 11.4. The van der Waals surface area contributed by atoms with Crippen LogP contribution in [0.3, 0.4) is 0 Å². The normalized spacial score (nSPS) is 14.8. The van der Waals surface area contributed by atoms with Crippen molar-refractivity contribution in [1.82, 2.24) is 9.55 Å². The largest absolute Gasteiger partial charge is 0.368 e. The molecule has 0 aliphatic heterocycles. The number of imidazole rings is 1. The Bertz CT molecular complexity index is 490. The lowest BCUT2D eigenvalue weighted by Crippen LogP contribution is -2.21. The highest BCUT2D eigenvalue weighted by Gasteiger charge is 2.11. The van der Waals surface area contributed by atoms with E-state index in [1.165, 1.54) is 5.54 Å². The van der Waals surface area contributed by atoms with Gasteiger partial charge in [0.05, 0.1) is 25.6 Å². The SMILES string of the molecule is C=CCOC(Cn1ccnc1)/C(C)=C/C=C(Cl)\C=C\Cl. The quantitative estimate of drug-likeness (QED) is 0.529. The van der Waals surface area contributed by atoms with Crippen molar-refractivity contribution < 1.29 is 4.74 Å². The molecule has 1 rings (SSSR count). The molecule has 0 aromatic carbocycles. The molecule has 0 aliphatic carbocycles. The fraction of sp³-hybridized carbons (Fsp3) is 0.267. The number of aromatic nitrogens is 2. The van der Waals surface area contributed by atoms with Gasteiger partial charge in [-0.1, -0.05) is 35.4 Å². The standard InChI is InChI=1S/C15H18Cl2N2O/c1-3-10-20-15(11-19-9-8-18-12-19)13(2)4-5-14(17)6-7-16/h3-9,12,15H,1,10-11H2,2H3/b7-6+,13-4+,14-5+. The van der Waals surface area contributed by atoms with E-state index in [4.69, 9.17) is 27.9 Å². The predicted molar refractivity (Wildman–Crippen MR) is 84.9 cm³/mol. The lowest BCUT2D eigenvalue weighted by molar-refractivity contribution is 0.0876. The van der Waals surface area contributed by atoms with E-state index in [0.717, 1.165) is 5.57 Å². The van der Waals surface area contributed by atoms with Crippen LogP contribution in [-0.4, -0.2) is 22.3 Å². The van der Waals surface area contributed by atoms with Crippen molar-refractivity contribution in [2.45, 2.75) is 19.6 Å². The van der Waals surface area contributed by atoms with E-state index < -0.39 is 0 Å². The number of hydrogen-bond donors (Lipinski definition) is 0. The molecule has 1 atom stereocenters. The van der Waals surface area contributed by atoms with Crippen LogP contribution in [0.15, 0.2) is 65.7 Å². The Morgan fingerprint density at radius 2 is 2.30 bits per heavy atom. The smallest absolute Gasteiger partial charge is 0.0968 e. The Balaban J connectivity index is 2.77. The molecule has 0 saturated heterocycles. The van der Waals surface area contributed by atoms with Gasteiger partial charge in [0.15, 0.2) is 0 Å². The molecule has 1 unspecified atom stereocenters. The first-order chi connectivity index (χ1) is 9.67.